The smallest absolute Gasteiger partial charge is 0.292 e. The molecule has 0 saturated heterocycles. The zero-order chi connectivity index (χ0) is 20.4. The first-order valence-electron chi connectivity index (χ1n) is 8.93. The third kappa shape index (κ3) is 3.26. The van der Waals surface area contributed by atoms with Crippen molar-refractivity contribution in [2.45, 2.75) is 6.92 Å². The van der Waals surface area contributed by atoms with Crippen LogP contribution in [0, 0.1) is 11.3 Å². The van der Waals surface area contributed by atoms with Crippen LogP contribution in [0.3, 0.4) is 0 Å². The number of hydrogen-bond acceptors (Lipinski definition) is 6. The van der Waals surface area contributed by atoms with Crippen LogP contribution in [0.25, 0.3) is 38.7 Å². The Morgan fingerprint density at radius 3 is 2.76 bits per heavy atom. The summed E-state index contributed by atoms with van der Waals surface area (Å²) in [7, 11) is 0. The van der Waals surface area contributed by atoms with E-state index in [-0.39, 0.29) is 6.01 Å². The molecule has 4 rings (SSSR count). The van der Waals surface area contributed by atoms with E-state index in [9.17, 15) is 5.26 Å². The van der Waals surface area contributed by atoms with Gasteiger partial charge in [-0.25, -0.2) is 0 Å². The van der Waals surface area contributed by atoms with Crippen LogP contribution in [-0.2, 0) is 0 Å². The van der Waals surface area contributed by atoms with Crippen molar-refractivity contribution in [3.8, 4) is 17.2 Å². The third-order valence-electron chi connectivity index (χ3n) is 4.69. The van der Waals surface area contributed by atoms with Gasteiger partial charge >= 0.3 is 0 Å². The molecule has 2 aromatic carbocycles. The van der Waals surface area contributed by atoms with Gasteiger partial charge in [-0.15, -0.1) is 0 Å². The Kier molecular flexibility index (Phi) is 4.63. The predicted octanol–water partition coefficient (Wildman–Crippen LogP) is 5.11. The molecule has 0 aliphatic rings. The molecule has 0 fully saturated rings. The van der Waals surface area contributed by atoms with Gasteiger partial charge in [-0.1, -0.05) is 18.2 Å². The van der Waals surface area contributed by atoms with E-state index < -0.39 is 0 Å². The average Bonchev–Trinajstić information content (AvgIpc) is 3.12. The number of rotatable bonds is 4. The van der Waals surface area contributed by atoms with E-state index in [0.717, 1.165) is 33.2 Å². The van der Waals surface area contributed by atoms with Crippen LogP contribution in [0.4, 0.5) is 6.01 Å². The van der Waals surface area contributed by atoms with Crippen LogP contribution < -0.4 is 5.73 Å². The second kappa shape index (κ2) is 7.41. The van der Waals surface area contributed by atoms with Gasteiger partial charge < -0.3 is 10.2 Å². The van der Waals surface area contributed by atoms with Gasteiger partial charge in [0, 0.05) is 23.3 Å². The van der Waals surface area contributed by atoms with Crippen LogP contribution in [0.5, 0.6) is 0 Å². The van der Waals surface area contributed by atoms with Gasteiger partial charge in [0.05, 0.1) is 11.1 Å². The topological polar surface area (TPSA) is 101 Å². The van der Waals surface area contributed by atoms with Crippen molar-refractivity contribution >= 4 is 40.3 Å². The molecule has 2 N–H and O–H groups in total. The third-order valence-corrected chi connectivity index (χ3v) is 4.69. The Hall–Kier alpha value is -4.24. The molecule has 2 aromatic heterocycles. The normalized spacial score (nSPS) is 11.9. The molecule has 6 heteroatoms. The first-order chi connectivity index (χ1) is 14.1. The van der Waals surface area contributed by atoms with Gasteiger partial charge in [0.25, 0.3) is 6.01 Å². The zero-order valence-electron chi connectivity index (χ0n) is 15.8. The number of aromatic nitrogens is 2. The summed E-state index contributed by atoms with van der Waals surface area (Å²) in [5, 5.41) is 10.5. The van der Waals surface area contributed by atoms with Crippen LogP contribution in [0.15, 0.2) is 70.4 Å². The summed E-state index contributed by atoms with van der Waals surface area (Å²) in [6, 6.07) is 14.1. The molecular weight excluding hydrogens is 362 g/mol. The van der Waals surface area contributed by atoms with E-state index in [4.69, 9.17) is 10.2 Å². The molecule has 0 atom stereocenters. The summed E-state index contributed by atoms with van der Waals surface area (Å²) in [6.45, 7) is 5.40. The summed E-state index contributed by atoms with van der Waals surface area (Å²) in [5.41, 5.74) is 11.9. The lowest BCUT2D eigenvalue weighted by atomic mass is 9.94. The number of oxazole rings is 1. The van der Waals surface area contributed by atoms with Gasteiger partial charge in [0.15, 0.2) is 5.58 Å². The predicted molar refractivity (Wildman–Crippen MR) is 116 cm³/mol. The number of benzene rings is 2. The van der Waals surface area contributed by atoms with E-state index in [0.29, 0.717) is 16.7 Å². The molecule has 0 saturated carbocycles. The molecular formula is C23H17N5O. The molecule has 0 amide bonds. The van der Waals surface area contributed by atoms with Gasteiger partial charge in [-0.2, -0.15) is 10.2 Å². The fraction of sp³-hybridized carbons (Fsp3) is 0.0435. The maximum absolute atomic E-state index is 9.65. The highest BCUT2D eigenvalue weighted by molar-refractivity contribution is 5.98. The number of anilines is 1. The summed E-state index contributed by atoms with van der Waals surface area (Å²) in [4.78, 5) is 12.4. The first kappa shape index (κ1) is 18.1. The van der Waals surface area contributed by atoms with Crippen molar-refractivity contribution in [1.29, 1.82) is 5.26 Å². The molecule has 6 nitrogen and oxygen atoms in total. The van der Waals surface area contributed by atoms with Gasteiger partial charge in [0.2, 0.25) is 0 Å². The molecule has 0 aliphatic carbocycles. The standard InChI is InChI=1S/C23H17N5O/c1-3-14(8-9-26-2)22-17(12-24)13-27-19-6-4-15(10-18(19)22)16-5-7-21-20(11-16)28-23(25)29-21/h3-11,13H,2H2,1H3,(H2,25,28)/b9-8-,14-3+. The van der Waals surface area contributed by atoms with Crippen molar-refractivity contribution < 1.29 is 4.42 Å². The largest absolute Gasteiger partial charge is 0.424 e. The highest BCUT2D eigenvalue weighted by atomic mass is 16.4. The lowest BCUT2D eigenvalue weighted by Gasteiger charge is -2.11. The Balaban J connectivity index is 1.96. The lowest BCUT2D eigenvalue weighted by Crippen LogP contribution is -1.94. The van der Waals surface area contributed by atoms with Crippen molar-refractivity contribution in [1.82, 2.24) is 9.97 Å². The van der Waals surface area contributed by atoms with Gasteiger partial charge in [-0.05, 0) is 60.7 Å². The van der Waals surface area contributed by atoms with E-state index >= 15 is 0 Å². The number of pyridine rings is 1. The highest BCUT2D eigenvalue weighted by Crippen LogP contribution is 2.33. The number of nitrogens with zero attached hydrogens (tertiary/aromatic N) is 4. The van der Waals surface area contributed by atoms with Crippen LogP contribution in [-0.4, -0.2) is 16.7 Å². The van der Waals surface area contributed by atoms with E-state index in [1.807, 2.05) is 55.5 Å². The van der Waals surface area contributed by atoms with Gasteiger partial charge in [0.1, 0.15) is 11.6 Å². The summed E-state index contributed by atoms with van der Waals surface area (Å²) in [6.07, 6.45) is 6.98. The molecule has 29 heavy (non-hydrogen) atoms. The van der Waals surface area contributed by atoms with Crippen LogP contribution in [0.2, 0.25) is 0 Å². The van der Waals surface area contributed by atoms with Crippen molar-refractivity contribution in [2.24, 2.45) is 4.99 Å². The van der Waals surface area contributed by atoms with Crippen LogP contribution >= 0.6 is 0 Å². The maximum atomic E-state index is 9.65. The quantitative estimate of drug-likeness (QED) is 0.392. The SMILES string of the molecule is C=N/C=C\C(=C/C)c1c(C#N)cnc2ccc(-c3ccc4oc(N)nc4c3)cc12. The number of nitriles is 1. The molecule has 0 spiro atoms. The number of aliphatic imine (C=N–C) groups is 1. The number of nitrogens with two attached hydrogens (primary N) is 1. The first-order valence-corrected chi connectivity index (χ1v) is 8.93. The van der Waals surface area contributed by atoms with E-state index in [2.05, 4.69) is 27.7 Å². The number of nitrogen functional groups attached to an aromatic ring is 1. The van der Waals surface area contributed by atoms with E-state index in [1.165, 1.54) is 0 Å². The second-order valence-corrected chi connectivity index (χ2v) is 6.37. The Morgan fingerprint density at radius 1 is 1.21 bits per heavy atom. The Morgan fingerprint density at radius 2 is 2.00 bits per heavy atom. The number of hydrogen-bond donors (Lipinski definition) is 1. The summed E-state index contributed by atoms with van der Waals surface area (Å²) < 4.78 is 5.35. The monoisotopic (exact) mass is 379 g/mol. The summed E-state index contributed by atoms with van der Waals surface area (Å²) in [5.74, 6) is 0. The van der Waals surface area contributed by atoms with E-state index in [1.54, 1.807) is 12.4 Å². The van der Waals surface area contributed by atoms with Crippen molar-refractivity contribution in [3.05, 3.63) is 72.1 Å². The minimum absolute atomic E-state index is 0.140. The Bertz CT molecular complexity index is 1360. The fourth-order valence-corrected chi connectivity index (χ4v) is 3.35. The van der Waals surface area contributed by atoms with Gasteiger partial charge in [-0.3, -0.25) is 9.98 Å². The maximum Gasteiger partial charge on any atom is 0.292 e. The van der Waals surface area contributed by atoms with Crippen molar-refractivity contribution in [2.75, 3.05) is 5.73 Å². The molecule has 0 radical (unpaired) electrons. The molecule has 4 aromatic rings. The molecule has 0 aliphatic heterocycles. The molecule has 0 unspecified atom stereocenters. The highest BCUT2D eigenvalue weighted by Gasteiger charge is 2.13. The second-order valence-electron chi connectivity index (χ2n) is 6.37. The van der Waals surface area contributed by atoms with Crippen molar-refractivity contribution in [3.63, 3.8) is 0 Å². The van der Waals surface area contributed by atoms with Crippen LogP contribution in [0.1, 0.15) is 18.1 Å². The molecule has 2 heterocycles. The molecule has 0 bridgehead atoms. The minimum Gasteiger partial charge on any atom is -0.424 e. The number of fused-ring (bicyclic) bond motifs is 2. The molecule has 140 valence electrons. The fourth-order valence-electron chi connectivity index (χ4n) is 3.35. The Labute approximate surface area is 167 Å². The average molecular weight is 379 g/mol. The lowest BCUT2D eigenvalue weighted by molar-refractivity contribution is 0.626. The summed E-state index contributed by atoms with van der Waals surface area (Å²) >= 11 is 0. The minimum atomic E-state index is 0.140. The zero-order valence-corrected chi connectivity index (χ0v) is 15.8. The number of allylic oxidation sites excluding steroid dienone is 3.